The van der Waals surface area contributed by atoms with E-state index in [1.807, 2.05) is 6.92 Å². The van der Waals surface area contributed by atoms with Crippen LogP contribution in [0.4, 0.5) is 0 Å². The van der Waals surface area contributed by atoms with Gasteiger partial charge in [0.05, 0.1) is 0 Å². The van der Waals surface area contributed by atoms with Gasteiger partial charge < -0.3 is 10.2 Å². The molecule has 3 N–H and O–H groups in total. The average Bonchev–Trinajstić information content (AvgIpc) is 2.45. The number of nitrogens with zero attached hydrogens (tertiary/aromatic N) is 1. The number of aliphatic carboxylic acids is 1. The van der Waals surface area contributed by atoms with E-state index in [1.165, 1.54) is 0 Å². The molecule has 1 aliphatic heterocycles. The molecule has 2 atom stereocenters. The molecule has 0 bridgehead atoms. The molecular weight excluding hydrogens is 296 g/mol. The van der Waals surface area contributed by atoms with Gasteiger partial charge in [0.2, 0.25) is 0 Å². The van der Waals surface area contributed by atoms with E-state index < -0.39 is 22.2 Å². The summed E-state index contributed by atoms with van der Waals surface area (Å²) in [4.78, 5) is 11.2. The standard InChI is InChI=1S/C13H26N2O5S/c1-2-5-11(7-9-16)10-14-21(19,20)15-8-4-3-6-12(15)13(17)18/h11-12,14,16H,2-10H2,1H3,(H,17,18). The second kappa shape index (κ2) is 8.67. The minimum atomic E-state index is -3.79. The summed E-state index contributed by atoms with van der Waals surface area (Å²) in [7, 11) is -3.79. The van der Waals surface area contributed by atoms with Crippen molar-refractivity contribution in [2.75, 3.05) is 19.7 Å². The van der Waals surface area contributed by atoms with Crippen molar-refractivity contribution in [2.24, 2.45) is 5.92 Å². The van der Waals surface area contributed by atoms with Gasteiger partial charge in [0.15, 0.2) is 0 Å². The Hall–Kier alpha value is -0.700. The van der Waals surface area contributed by atoms with Gasteiger partial charge >= 0.3 is 5.97 Å². The van der Waals surface area contributed by atoms with E-state index in [0.717, 1.165) is 23.6 Å². The van der Waals surface area contributed by atoms with Crippen LogP contribution >= 0.6 is 0 Å². The van der Waals surface area contributed by atoms with Crippen molar-refractivity contribution in [2.45, 2.75) is 51.5 Å². The Balaban J connectivity index is 2.68. The smallest absolute Gasteiger partial charge is 0.322 e. The van der Waals surface area contributed by atoms with Gasteiger partial charge in [-0.05, 0) is 38.0 Å². The van der Waals surface area contributed by atoms with Gasteiger partial charge in [0, 0.05) is 19.7 Å². The van der Waals surface area contributed by atoms with Crippen molar-refractivity contribution < 1.29 is 23.4 Å². The highest BCUT2D eigenvalue weighted by Gasteiger charge is 2.36. The van der Waals surface area contributed by atoms with Crippen LogP contribution < -0.4 is 4.72 Å². The third-order valence-electron chi connectivity index (χ3n) is 3.84. The van der Waals surface area contributed by atoms with Crippen LogP contribution in [0, 0.1) is 5.92 Å². The Labute approximate surface area is 126 Å². The molecule has 1 aliphatic rings. The fourth-order valence-corrected chi connectivity index (χ4v) is 4.20. The first-order valence-electron chi connectivity index (χ1n) is 7.52. The quantitative estimate of drug-likeness (QED) is 0.575. The SMILES string of the molecule is CCCC(CCO)CNS(=O)(=O)N1CCCCC1C(=O)O. The number of hydrogen-bond donors (Lipinski definition) is 3. The summed E-state index contributed by atoms with van der Waals surface area (Å²) in [5, 5.41) is 18.1. The van der Waals surface area contributed by atoms with Crippen molar-refractivity contribution in [3.8, 4) is 0 Å². The number of carboxylic acid groups (broad SMARTS) is 1. The van der Waals surface area contributed by atoms with Gasteiger partial charge in [0.1, 0.15) is 6.04 Å². The lowest BCUT2D eigenvalue weighted by atomic mass is 10.0. The van der Waals surface area contributed by atoms with E-state index in [4.69, 9.17) is 10.2 Å². The number of hydrogen-bond acceptors (Lipinski definition) is 4. The molecule has 0 saturated carbocycles. The zero-order valence-corrected chi connectivity index (χ0v) is 13.3. The fourth-order valence-electron chi connectivity index (χ4n) is 2.68. The molecule has 0 aromatic heterocycles. The van der Waals surface area contributed by atoms with Gasteiger partial charge in [-0.2, -0.15) is 12.7 Å². The van der Waals surface area contributed by atoms with Crippen molar-refractivity contribution in [1.29, 1.82) is 0 Å². The third-order valence-corrected chi connectivity index (χ3v) is 5.42. The van der Waals surface area contributed by atoms with Crippen LogP contribution in [0.15, 0.2) is 0 Å². The molecule has 1 fully saturated rings. The number of piperidine rings is 1. The van der Waals surface area contributed by atoms with Crippen molar-refractivity contribution in [3.63, 3.8) is 0 Å². The number of rotatable bonds is 9. The molecule has 124 valence electrons. The number of carboxylic acids is 1. The molecule has 8 heteroatoms. The van der Waals surface area contributed by atoms with E-state index in [2.05, 4.69) is 4.72 Å². The summed E-state index contributed by atoms with van der Waals surface area (Å²) in [5.41, 5.74) is 0. The maximum Gasteiger partial charge on any atom is 0.322 e. The van der Waals surface area contributed by atoms with E-state index in [0.29, 0.717) is 19.3 Å². The molecule has 1 saturated heterocycles. The Morgan fingerprint density at radius 3 is 2.67 bits per heavy atom. The normalized spacial score (nSPS) is 22.1. The van der Waals surface area contributed by atoms with E-state index in [9.17, 15) is 13.2 Å². The molecule has 0 amide bonds. The summed E-state index contributed by atoms with van der Waals surface area (Å²) in [6.45, 7) is 2.50. The Kier molecular flexibility index (Phi) is 7.58. The van der Waals surface area contributed by atoms with Crippen LogP contribution in [0.3, 0.4) is 0 Å². The predicted octanol–water partition coefficient (Wildman–Crippen LogP) is 0.559. The lowest BCUT2D eigenvalue weighted by Crippen LogP contribution is -2.52. The number of carbonyl (C=O) groups is 1. The van der Waals surface area contributed by atoms with Gasteiger partial charge in [-0.3, -0.25) is 4.79 Å². The second-order valence-electron chi connectivity index (χ2n) is 5.48. The Bertz CT molecular complexity index is 420. The maximum atomic E-state index is 12.3. The molecule has 0 aliphatic carbocycles. The van der Waals surface area contributed by atoms with E-state index in [1.54, 1.807) is 0 Å². The minimum absolute atomic E-state index is 0.0217. The first-order chi connectivity index (χ1) is 9.92. The largest absolute Gasteiger partial charge is 0.480 e. The molecule has 1 rings (SSSR count). The van der Waals surface area contributed by atoms with Gasteiger partial charge in [-0.1, -0.05) is 13.3 Å². The highest BCUT2D eigenvalue weighted by molar-refractivity contribution is 7.87. The fraction of sp³-hybridized carbons (Fsp3) is 0.923. The van der Waals surface area contributed by atoms with Gasteiger partial charge in [0.25, 0.3) is 10.2 Å². The molecule has 0 radical (unpaired) electrons. The zero-order valence-electron chi connectivity index (χ0n) is 12.5. The van der Waals surface area contributed by atoms with Gasteiger partial charge in [-0.15, -0.1) is 0 Å². The molecule has 0 aromatic carbocycles. The van der Waals surface area contributed by atoms with Crippen molar-refractivity contribution in [3.05, 3.63) is 0 Å². The second-order valence-corrected chi connectivity index (χ2v) is 7.19. The lowest BCUT2D eigenvalue weighted by molar-refractivity contribution is -0.142. The molecule has 7 nitrogen and oxygen atoms in total. The Morgan fingerprint density at radius 2 is 2.10 bits per heavy atom. The van der Waals surface area contributed by atoms with Crippen LogP contribution in [0.25, 0.3) is 0 Å². The van der Waals surface area contributed by atoms with Crippen LogP contribution in [0.2, 0.25) is 0 Å². The first kappa shape index (κ1) is 18.3. The van der Waals surface area contributed by atoms with Crippen LogP contribution in [0.1, 0.15) is 45.4 Å². The highest BCUT2D eigenvalue weighted by Crippen LogP contribution is 2.20. The molecule has 2 unspecified atom stereocenters. The average molecular weight is 322 g/mol. The number of aliphatic hydroxyl groups is 1. The van der Waals surface area contributed by atoms with Crippen LogP contribution in [0.5, 0.6) is 0 Å². The summed E-state index contributed by atoms with van der Waals surface area (Å²) < 4.78 is 28.2. The van der Waals surface area contributed by atoms with Crippen molar-refractivity contribution in [1.82, 2.24) is 9.03 Å². The summed E-state index contributed by atoms with van der Waals surface area (Å²) >= 11 is 0. The topological polar surface area (TPSA) is 107 Å². The lowest BCUT2D eigenvalue weighted by Gasteiger charge is -2.32. The molecule has 21 heavy (non-hydrogen) atoms. The minimum Gasteiger partial charge on any atom is -0.480 e. The molecule has 1 heterocycles. The summed E-state index contributed by atoms with van der Waals surface area (Å²) in [6.07, 6.45) is 4.04. The maximum absolute atomic E-state index is 12.3. The summed E-state index contributed by atoms with van der Waals surface area (Å²) in [6, 6.07) is -0.973. The monoisotopic (exact) mass is 322 g/mol. The predicted molar refractivity (Wildman–Crippen MR) is 79.0 cm³/mol. The van der Waals surface area contributed by atoms with E-state index >= 15 is 0 Å². The van der Waals surface area contributed by atoms with E-state index in [-0.39, 0.29) is 25.6 Å². The number of aliphatic hydroxyl groups excluding tert-OH is 1. The van der Waals surface area contributed by atoms with Crippen molar-refractivity contribution >= 4 is 16.2 Å². The molecular formula is C13H26N2O5S. The molecule has 0 aromatic rings. The van der Waals surface area contributed by atoms with Crippen LogP contribution in [-0.4, -0.2) is 54.6 Å². The highest BCUT2D eigenvalue weighted by atomic mass is 32.2. The van der Waals surface area contributed by atoms with Gasteiger partial charge in [-0.25, -0.2) is 4.72 Å². The summed E-state index contributed by atoms with van der Waals surface area (Å²) in [5.74, 6) is -1.02. The third kappa shape index (κ3) is 5.54. The zero-order chi connectivity index (χ0) is 15.9. The number of nitrogens with one attached hydrogen (secondary N) is 1. The Morgan fingerprint density at radius 1 is 1.38 bits per heavy atom. The first-order valence-corrected chi connectivity index (χ1v) is 8.96. The molecule has 0 spiro atoms. The van der Waals surface area contributed by atoms with Crippen LogP contribution in [-0.2, 0) is 15.0 Å².